The molecule has 0 aliphatic carbocycles. The van der Waals surface area contributed by atoms with Crippen LogP contribution in [0.4, 0.5) is 0 Å². The first-order valence-corrected chi connectivity index (χ1v) is 12.4. The second kappa shape index (κ2) is 8.97. The van der Waals surface area contributed by atoms with Gasteiger partial charge < -0.3 is 13.6 Å². The Kier molecular flexibility index (Phi) is 5.71. The number of nitrogens with zero attached hydrogens (tertiary/aromatic N) is 3. The molecule has 0 atom stereocenters. The largest absolute Gasteiger partial charge is 0.472 e. The Bertz CT molecular complexity index is 1570. The summed E-state index contributed by atoms with van der Waals surface area (Å²) in [4.78, 5) is 8.50. The van der Waals surface area contributed by atoms with E-state index in [2.05, 4.69) is 9.97 Å². The molecule has 0 aliphatic rings. The Morgan fingerprint density at radius 1 is 1.00 bits per heavy atom. The fraction of sp³-hybridized carbons (Fsp3) is 0.0417. The van der Waals surface area contributed by atoms with Gasteiger partial charge in [-0.1, -0.05) is 0 Å². The summed E-state index contributed by atoms with van der Waals surface area (Å²) in [6.45, 7) is 0. The van der Waals surface area contributed by atoms with Gasteiger partial charge in [0.2, 0.25) is 0 Å². The Balaban J connectivity index is 1.50. The van der Waals surface area contributed by atoms with E-state index in [1.807, 2.05) is 12.1 Å². The first-order valence-electron chi connectivity index (χ1n) is 9.92. The maximum Gasteiger partial charge on any atom is 0.184 e. The summed E-state index contributed by atoms with van der Waals surface area (Å²) in [5, 5.41) is 11.9. The predicted octanol–water partition coefficient (Wildman–Crippen LogP) is 5.70. The summed E-state index contributed by atoms with van der Waals surface area (Å²) < 4.78 is 42.0. The second-order valence-corrected chi connectivity index (χ2v) is 10.1. The van der Waals surface area contributed by atoms with Crippen LogP contribution in [0.3, 0.4) is 0 Å². The minimum absolute atomic E-state index is 0.0232. The van der Waals surface area contributed by atoms with Crippen LogP contribution < -0.4 is 4.74 Å². The first kappa shape index (κ1) is 21.6. The zero-order valence-electron chi connectivity index (χ0n) is 17.4. The molecule has 0 saturated heterocycles. The van der Waals surface area contributed by atoms with Gasteiger partial charge in [0.25, 0.3) is 0 Å². The molecule has 0 spiro atoms. The highest BCUT2D eigenvalue weighted by atomic mass is 32.2. The van der Waals surface area contributed by atoms with Crippen LogP contribution in [0.25, 0.3) is 22.4 Å². The van der Waals surface area contributed by atoms with Crippen LogP contribution in [0.15, 0.2) is 93.0 Å². The topological polar surface area (TPSA) is 119 Å². The summed E-state index contributed by atoms with van der Waals surface area (Å²) in [5.74, 6) is 0.349. The lowest BCUT2D eigenvalue weighted by Crippen LogP contribution is -2.05. The molecule has 0 aliphatic heterocycles. The van der Waals surface area contributed by atoms with Gasteiger partial charge in [-0.05, 0) is 36.4 Å². The molecule has 0 amide bonds. The average Bonchev–Trinajstić information content (AvgIpc) is 3.63. The number of sulfone groups is 1. The fourth-order valence-electron chi connectivity index (χ4n) is 3.30. The molecule has 5 rings (SSSR count). The zero-order valence-corrected chi connectivity index (χ0v) is 19.0. The number of rotatable bonds is 7. The molecule has 0 fully saturated rings. The molecular weight excluding hydrogens is 474 g/mol. The number of aromatic nitrogens is 2. The maximum atomic E-state index is 12.8. The SMILES string of the molecule is N#Cc1cc(S(=O)(=O)Cc2nccs2)ccc1Oc1cnc(-c2ccoc2)cc1-c1ccoc1. The molecule has 0 radical (unpaired) electrons. The van der Waals surface area contributed by atoms with E-state index in [-0.39, 0.29) is 22.0 Å². The molecule has 34 heavy (non-hydrogen) atoms. The van der Waals surface area contributed by atoms with Gasteiger partial charge in [0.05, 0.1) is 47.4 Å². The number of benzene rings is 1. The van der Waals surface area contributed by atoms with Crippen LogP contribution in [0, 0.1) is 11.3 Å². The maximum absolute atomic E-state index is 12.8. The molecule has 0 bridgehead atoms. The van der Waals surface area contributed by atoms with Gasteiger partial charge in [-0.25, -0.2) is 13.4 Å². The summed E-state index contributed by atoms with van der Waals surface area (Å²) in [5.41, 5.74) is 2.98. The lowest BCUT2D eigenvalue weighted by Gasteiger charge is -2.13. The molecule has 0 saturated carbocycles. The van der Waals surface area contributed by atoms with E-state index < -0.39 is 9.84 Å². The highest BCUT2D eigenvalue weighted by Gasteiger charge is 2.20. The highest BCUT2D eigenvalue weighted by Crippen LogP contribution is 2.37. The number of ether oxygens (including phenoxy) is 1. The molecule has 4 heterocycles. The molecule has 5 aromatic rings. The van der Waals surface area contributed by atoms with E-state index in [1.54, 1.807) is 55.0 Å². The van der Waals surface area contributed by atoms with Crippen molar-refractivity contribution in [1.82, 2.24) is 9.97 Å². The molecule has 10 heteroatoms. The highest BCUT2D eigenvalue weighted by molar-refractivity contribution is 7.90. The van der Waals surface area contributed by atoms with E-state index in [4.69, 9.17) is 13.6 Å². The molecular formula is C24H15N3O5S2. The monoisotopic (exact) mass is 489 g/mol. The van der Waals surface area contributed by atoms with Crippen molar-refractivity contribution in [3.05, 3.63) is 89.8 Å². The van der Waals surface area contributed by atoms with Gasteiger partial charge in [-0.2, -0.15) is 5.26 Å². The van der Waals surface area contributed by atoms with Gasteiger partial charge in [0.1, 0.15) is 22.6 Å². The third-order valence-electron chi connectivity index (χ3n) is 4.96. The molecule has 1 aromatic carbocycles. The van der Waals surface area contributed by atoms with Crippen LogP contribution >= 0.6 is 11.3 Å². The number of thiazole rings is 1. The van der Waals surface area contributed by atoms with Crippen molar-refractivity contribution in [2.75, 3.05) is 0 Å². The number of nitriles is 1. The van der Waals surface area contributed by atoms with Gasteiger partial charge in [-0.3, -0.25) is 4.98 Å². The van der Waals surface area contributed by atoms with Crippen LogP contribution in [0.5, 0.6) is 11.5 Å². The van der Waals surface area contributed by atoms with Gasteiger partial charge in [-0.15, -0.1) is 11.3 Å². The summed E-state index contributed by atoms with van der Waals surface area (Å²) in [6, 6.07) is 11.6. The minimum Gasteiger partial charge on any atom is -0.472 e. The number of pyridine rings is 1. The Hall–Kier alpha value is -4.20. The quantitative estimate of drug-likeness (QED) is 0.286. The predicted molar refractivity (Wildman–Crippen MR) is 124 cm³/mol. The Morgan fingerprint density at radius 3 is 2.47 bits per heavy atom. The Morgan fingerprint density at radius 2 is 1.79 bits per heavy atom. The molecule has 0 N–H and O–H groups in total. The molecule has 8 nitrogen and oxygen atoms in total. The van der Waals surface area contributed by atoms with E-state index >= 15 is 0 Å². The molecule has 168 valence electrons. The summed E-state index contributed by atoms with van der Waals surface area (Å²) in [7, 11) is -3.67. The summed E-state index contributed by atoms with van der Waals surface area (Å²) in [6.07, 6.45) is 9.35. The van der Waals surface area contributed by atoms with Gasteiger partial charge in [0, 0.05) is 28.3 Å². The number of furan rings is 2. The van der Waals surface area contributed by atoms with Crippen LogP contribution in [0.2, 0.25) is 0 Å². The minimum atomic E-state index is -3.67. The lowest BCUT2D eigenvalue weighted by molar-refractivity contribution is 0.480. The van der Waals surface area contributed by atoms with Crippen molar-refractivity contribution in [1.29, 1.82) is 5.26 Å². The Labute approximate surface area is 198 Å². The smallest absolute Gasteiger partial charge is 0.184 e. The fourth-order valence-corrected chi connectivity index (χ4v) is 5.58. The van der Waals surface area contributed by atoms with Crippen LogP contribution in [-0.2, 0) is 15.6 Å². The van der Waals surface area contributed by atoms with Crippen LogP contribution in [0.1, 0.15) is 10.6 Å². The van der Waals surface area contributed by atoms with Crippen LogP contribution in [-0.4, -0.2) is 18.4 Å². The van der Waals surface area contributed by atoms with E-state index in [9.17, 15) is 13.7 Å². The third-order valence-corrected chi connectivity index (χ3v) is 7.55. The number of hydrogen-bond donors (Lipinski definition) is 0. The standard InChI is InChI=1S/C24H15N3O5S2/c25-11-18-9-19(34(28,29)15-24-26-5-8-33-24)1-2-22(18)32-23-12-27-21(17-4-7-31-14-17)10-20(23)16-3-6-30-13-16/h1-10,12-14H,15H2. The first-order chi connectivity index (χ1) is 16.5. The molecule has 0 unspecified atom stereocenters. The molecule has 4 aromatic heterocycles. The normalized spacial score (nSPS) is 11.3. The number of hydrogen-bond acceptors (Lipinski definition) is 9. The average molecular weight is 490 g/mol. The lowest BCUT2D eigenvalue weighted by atomic mass is 10.1. The zero-order chi connectivity index (χ0) is 23.5. The van der Waals surface area contributed by atoms with Crippen molar-refractivity contribution >= 4 is 21.2 Å². The van der Waals surface area contributed by atoms with E-state index in [0.717, 1.165) is 11.1 Å². The van der Waals surface area contributed by atoms with Crippen molar-refractivity contribution in [3.8, 4) is 40.0 Å². The van der Waals surface area contributed by atoms with Gasteiger partial charge >= 0.3 is 0 Å². The van der Waals surface area contributed by atoms with Crippen molar-refractivity contribution in [2.24, 2.45) is 0 Å². The van der Waals surface area contributed by atoms with Gasteiger partial charge in [0.15, 0.2) is 15.6 Å². The van der Waals surface area contributed by atoms with Crippen molar-refractivity contribution in [3.63, 3.8) is 0 Å². The van der Waals surface area contributed by atoms with Crippen molar-refractivity contribution in [2.45, 2.75) is 10.6 Å². The summed E-state index contributed by atoms with van der Waals surface area (Å²) >= 11 is 1.26. The van der Waals surface area contributed by atoms with E-state index in [1.165, 1.54) is 29.5 Å². The second-order valence-electron chi connectivity index (χ2n) is 7.15. The van der Waals surface area contributed by atoms with E-state index in [0.29, 0.717) is 22.0 Å². The third kappa shape index (κ3) is 4.34. The van der Waals surface area contributed by atoms with Crippen molar-refractivity contribution < 1.29 is 22.0 Å².